The SMILES string of the molecule is CC(N)c1csc(N2CCC[C@H]3CCCC[C@H]32)n1. The molecule has 1 aliphatic carbocycles. The quantitative estimate of drug-likeness (QED) is 0.892. The van der Waals surface area contributed by atoms with Gasteiger partial charge in [0.15, 0.2) is 5.13 Å². The fraction of sp³-hybridized carbons (Fsp3) is 0.786. The molecule has 0 aromatic carbocycles. The van der Waals surface area contributed by atoms with Gasteiger partial charge in [-0.25, -0.2) is 4.98 Å². The van der Waals surface area contributed by atoms with Gasteiger partial charge in [0.2, 0.25) is 0 Å². The van der Waals surface area contributed by atoms with Crippen LogP contribution in [0.3, 0.4) is 0 Å². The Balaban J connectivity index is 1.80. The van der Waals surface area contributed by atoms with Gasteiger partial charge in [-0.15, -0.1) is 11.3 Å². The second-order valence-electron chi connectivity index (χ2n) is 5.79. The van der Waals surface area contributed by atoms with Gasteiger partial charge in [-0.2, -0.15) is 0 Å². The average Bonchev–Trinajstić information content (AvgIpc) is 2.87. The summed E-state index contributed by atoms with van der Waals surface area (Å²) in [6, 6.07) is 0.807. The summed E-state index contributed by atoms with van der Waals surface area (Å²) in [4.78, 5) is 7.32. The molecule has 1 saturated heterocycles. The van der Waals surface area contributed by atoms with E-state index in [4.69, 9.17) is 10.7 Å². The molecule has 4 heteroatoms. The molecular weight excluding hydrogens is 242 g/mol. The normalized spacial score (nSPS) is 30.0. The van der Waals surface area contributed by atoms with Crippen LogP contribution in [-0.2, 0) is 0 Å². The molecule has 2 aliphatic rings. The first-order chi connectivity index (χ1) is 8.75. The highest BCUT2D eigenvalue weighted by atomic mass is 32.1. The van der Waals surface area contributed by atoms with Gasteiger partial charge in [0, 0.05) is 24.0 Å². The minimum atomic E-state index is 0.0574. The van der Waals surface area contributed by atoms with E-state index >= 15 is 0 Å². The molecule has 1 saturated carbocycles. The maximum absolute atomic E-state index is 5.91. The van der Waals surface area contributed by atoms with Crippen molar-refractivity contribution in [2.45, 2.75) is 57.5 Å². The van der Waals surface area contributed by atoms with Crippen LogP contribution in [0.5, 0.6) is 0 Å². The summed E-state index contributed by atoms with van der Waals surface area (Å²) >= 11 is 1.77. The van der Waals surface area contributed by atoms with Gasteiger partial charge in [-0.3, -0.25) is 0 Å². The molecular formula is C14H23N3S. The first-order valence-electron chi connectivity index (χ1n) is 7.23. The highest BCUT2D eigenvalue weighted by Gasteiger charge is 2.34. The van der Waals surface area contributed by atoms with Crippen LogP contribution in [0.2, 0.25) is 0 Å². The Morgan fingerprint density at radius 1 is 1.33 bits per heavy atom. The largest absolute Gasteiger partial charge is 0.345 e. The van der Waals surface area contributed by atoms with Gasteiger partial charge in [-0.05, 0) is 38.5 Å². The lowest BCUT2D eigenvalue weighted by atomic mass is 9.78. The molecule has 1 unspecified atom stereocenters. The fourth-order valence-corrected chi connectivity index (χ4v) is 4.49. The number of fused-ring (bicyclic) bond motifs is 1. The summed E-state index contributed by atoms with van der Waals surface area (Å²) in [5, 5.41) is 3.34. The average molecular weight is 265 g/mol. The number of nitrogens with two attached hydrogens (primary N) is 1. The number of piperidine rings is 1. The lowest BCUT2D eigenvalue weighted by molar-refractivity contribution is 0.243. The van der Waals surface area contributed by atoms with Gasteiger partial charge >= 0.3 is 0 Å². The summed E-state index contributed by atoms with van der Waals surface area (Å²) in [5.74, 6) is 0.912. The summed E-state index contributed by atoms with van der Waals surface area (Å²) in [5.41, 5.74) is 6.96. The minimum absolute atomic E-state index is 0.0574. The molecule has 2 N–H and O–H groups in total. The molecule has 3 nitrogen and oxygen atoms in total. The van der Waals surface area contributed by atoms with Crippen LogP contribution in [-0.4, -0.2) is 17.6 Å². The molecule has 0 bridgehead atoms. The second kappa shape index (κ2) is 5.17. The van der Waals surface area contributed by atoms with E-state index < -0.39 is 0 Å². The van der Waals surface area contributed by atoms with Crippen LogP contribution in [0, 0.1) is 5.92 Å². The number of anilines is 1. The highest BCUT2D eigenvalue weighted by Crippen LogP contribution is 2.38. The minimum Gasteiger partial charge on any atom is -0.345 e. The molecule has 3 rings (SSSR count). The van der Waals surface area contributed by atoms with E-state index in [2.05, 4.69) is 10.3 Å². The van der Waals surface area contributed by atoms with Crippen molar-refractivity contribution in [1.82, 2.24) is 4.98 Å². The van der Waals surface area contributed by atoms with E-state index in [0.29, 0.717) is 0 Å². The van der Waals surface area contributed by atoms with Crippen molar-refractivity contribution in [2.75, 3.05) is 11.4 Å². The van der Waals surface area contributed by atoms with E-state index in [-0.39, 0.29) is 6.04 Å². The van der Waals surface area contributed by atoms with Crippen molar-refractivity contribution >= 4 is 16.5 Å². The topological polar surface area (TPSA) is 42.1 Å². The Bertz CT molecular complexity index is 399. The molecule has 18 heavy (non-hydrogen) atoms. The molecule has 0 spiro atoms. The Morgan fingerprint density at radius 3 is 2.89 bits per heavy atom. The molecule has 1 aliphatic heterocycles. The number of hydrogen-bond donors (Lipinski definition) is 1. The lowest BCUT2D eigenvalue weighted by Gasteiger charge is -2.44. The molecule has 1 aromatic rings. The zero-order valence-corrected chi connectivity index (χ0v) is 12.0. The predicted molar refractivity (Wildman–Crippen MR) is 77.0 cm³/mol. The van der Waals surface area contributed by atoms with Crippen LogP contribution in [0.25, 0.3) is 0 Å². The first kappa shape index (κ1) is 12.4. The van der Waals surface area contributed by atoms with Gasteiger partial charge in [0.1, 0.15) is 0 Å². The third-order valence-corrected chi connectivity index (χ3v) is 5.36. The van der Waals surface area contributed by atoms with Crippen molar-refractivity contribution in [3.8, 4) is 0 Å². The fourth-order valence-electron chi connectivity index (χ4n) is 3.48. The Morgan fingerprint density at radius 2 is 2.11 bits per heavy atom. The zero-order valence-electron chi connectivity index (χ0n) is 11.1. The summed E-state index contributed by atoms with van der Waals surface area (Å²) in [6.45, 7) is 3.20. The van der Waals surface area contributed by atoms with E-state index in [1.807, 2.05) is 6.92 Å². The van der Waals surface area contributed by atoms with E-state index in [9.17, 15) is 0 Å². The zero-order chi connectivity index (χ0) is 12.5. The monoisotopic (exact) mass is 265 g/mol. The van der Waals surface area contributed by atoms with Gasteiger partial charge < -0.3 is 10.6 Å². The number of rotatable bonds is 2. The van der Waals surface area contributed by atoms with Crippen LogP contribution in [0.1, 0.15) is 57.2 Å². The number of nitrogens with zero attached hydrogens (tertiary/aromatic N) is 2. The maximum Gasteiger partial charge on any atom is 0.185 e. The van der Waals surface area contributed by atoms with Crippen LogP contribution < -0.4 is 10.6 Å². The van der Waals surface area contributed by atoms with Crippen molar-refractivity contribution < 1.29 is 0 Å². The van der Waals surface area contributed by atoms with Crippen molar-refractivity contribution in [2.24, 2.45) is 11.7 Å². The smallest absolute Gasteiger partial charge is 0.185 e. The van der Waals surface area contributed by atoms with Crippen LogP contribution in [0.4, 0.5) is 5.13 Å². The van der Waals surface area contributed by atoms with Crippen molar-refractivity contribution in [3.05, 3.63) is 11.1 Å². The standard InChI is InChI=1S/C14H23N3S/c1-10(15)12-9-18-14(16-12)17-8-4-6-11-5-2-3-7-13(11)17/h9-11,13H,2-8,15H2,1H3/t10?,11-,13-/m1/s1. The van der Waals surface area contributed by atoms with Gasteiger partial charge in [0.05, 0.1) is 5.69 Å². The molecule has 1 aromatic heterocycles. The summed E-state index contributed by atoms with van der Waals surface area (Å²) < 4.78 is 0. The number of hydrogen-bond acceptors (Lipinski definition) is 4. The molecule has 0 radical (unpaired) electrons. The van der Waals surface area contributed by atoms with Crippen molar-refractivity contribution in [1.29, 1.82) is 0 Å². The number of aromatic nitrogens is 1. The summed E-state index contributed by atoms with van der Waals surface area (Å²) in [6.07, 6.45) is 8.35. The predicted octanol–water partition coefficient (Wildman–Crippen LogP) is 3.32. The molecule has 3 atom stereocenters. The van der Waals surface area contributed by atoms with Gasteiger partial charge in [-0.1, -0.05) is 12.8 Å². The highest BCUT2D eigenvalue weighted by molar-refractivity contribution is 7.13. The molecule has 100 valence electrons. The van der Waals surface area contributed by atoms with Crippen LogP contribution >= 0.6 is 11.3 Å². The molecule has 0 amide bonds. The first-order valence-corrected chi connectivity index (χ1v) is 8.11. The van der Waals surface area contributed by atoms with Crippen LogP contribution in [0.15, 0.2) is 5.38 Å². The molecule has 2 fully saturated rings. The Hall–Kier alpha value is -0.610. The van der Waals surface area contributed by atoms with Crippen molar-refractivity contribution in [3.63, 3.8) is 0 Å². The van der Waals surface area contributed by atoms with E-state index in [1.54, 1.807) is 11.3 Å². The Labute approximate surface area is 113 Å². The number of thiazole rings is 1. The lowest BCUT2D eigenvalue weighted by Crippen LogP contribution is -2.46. The Kier molecular flexibility index (Phi) is 3.57. The van der Waals surface area contributed by atoms with E-state index in [0.717, 1.165) is 17.7 Å². The maximum atomic E-state index is 5.91. The summed E-state index contributed by atoms with van der Waals surface area (Å²) in [7, 11) is 0. The third-order valence-electron chi connectivity index (χ3n) is 4.47. The second-order valence-corrected chi connectivity index (χ2v) is 6.63. The van der Waals surface area contributed by atoms with E-state index in [1.165, 1.54) is 50.2 Å². The molecule has 2 heterocycles. The third kappa shape index (κ3) is 2.28. The van der Waals surface area contributed by atoms with Gasteiger partial charge in [0.25, 0.3) is 0 Å².